The molecule has 0 radical (unpaired) electrons. The highest BCUT2D eigenvalue weighted by atomic mass is 19.1. The monoisotopic (exact) mass is 268 g/mol. The zero-order chi connectivity index (χ0) is 14.3. The van der Waals surface area contributed by atoms with Crippen LogP contribution in [0.25, 0.3) is 0 Å². The Labute approximate surface area is 111 Å². The van der Waals surface area contributed by atoms with Gasteiger partial charge in [-0.05, 0) is 26.8 Å². The summed E-state index contributed by atoms with van der Waals surface area (Å²) in [7, 11) is 0. The maximum atomic E-state index is 13.5. The molecule has 2 rings (SSSR count). The summed E-state index contributed by atoms with van der Waals surface area (Å²) >= 11 is 0. The van der Waals surface area contributed by atoms with Gasteiger partial charge in [-0.25, -0.2) is 9.18 Å². The fourth-order valence-corrected chi connectivity index (χ4v) is 1.96. The van der Waals surface area contributed by atoms with E-state index in [1.54, 1.807) is 20.8 Å². The molecule has 1 saturated heterocycles. The third-order valence-electron chi connectivity index (χ3n) is 2.83. The molecule has 1 aromatic rings. The van der Waals surface area contributed by atoms with Crippen LogP contribution in [0.15, 0.2) is 18.5 Å². The van der Waals surface area contributed by atoms with E-state index in [0.717, 1.165) is 6.20 Å². The number of aromatic nitrogens is 1. The lowest BCUT2D eigenvalue weighted by atomic mass is 9.87. The number of halogens is 1. The SMILES string of the molecule is CC(C)(C)OC(=O)N1CC(O)(c2ccncc2F)C1. The van der Waals surface area contributed by atoms with Crippen molar-refractivity contribution in [1.29, 1.82) is 0 Å². The second kappa shape index (κ2) is 4.45. The number of ether oxygens (including phenoxy) is 1. The van der Waals surface area contributed by atoms with E-state index in [1.807, 2.05) is 0 Å². The van der Waals surface area contributed by atoms with Gasteiger partial charge in [-0.1, -0.05) is 0 Å². The number of rotatable bonds is 1. The lowest BCUT2D eigenvalue weighted by Crippen LogP contribution is -2.62. The van der Waals surface area contributed by atoms with Gasteiger partial charge in [0, 0.05) is 11.8 Å². The van der Waals surface area contributed by atoms with Crippen LogP contribution in [0.1, 0.15) is 26.3 Å². The van der Waals surface area contributed by atoms with E-state index in [9.17, 15) is 14.3 Å². The molecule has 5 nitrogen and oxygen atoms in total. The molecule has 19 heavy (non-hydrogen) atoms. The number of pyridine rings is 1. The third-order valence-corrected chi connectivity index (χ3v) is 2.83. The van der Waals surface area contributed by atoms with Crippen LogP contribution in [0.4, 0.5) is 9.18 Å². The van der Waals surface area contributed by atoms with Crippen LogP contribution in [-0.4, -0.2) is 39.8 Å². The normalized spacial score (nSPS) is 17.8. The first-order chi connectivity index (χ1) is 8.71. The standard InChI is InChI=1S/C13H17FN2O3/c1-12(2,3)19-11(17)16-7-13(18,8-16)9-4-5-15-6-10(9)14/h4-6,18H,7-8H2,1-3H3. The smallest absolute Gasteiger partial charge is 0.410 e. The van der Waals surface area contributed by atoms with E-state index in [4.69, 9.17) is 4.74 Å². The first-order valence-electron chi connectivity index (χ1n) is 6.02. The van der Waals surface area contributed by atoms with Gasteiger partial charge in [0.1, 0.15) is 17.0 Å². The van der Waals surface area contributed by atoms with Crippen LogP contribution < -0.4 is 0 Å². The number of β-amino-alcohol motifs (C(OH)–C–C–N with tert-alkyl or cyclic N) is 1. The minimum atomic E-state index is -1.36. The quantitative estimate of drug-likeness (QED) is 0.841. The highest BCUT2D eigenvalue weighted by Crippen LogP contribution is 2.33. The molecule has 0 unspecified atom stereocenters. The summed E-state index contributed by atoms with van der Waals surface area (Å²) in [4.78, 5) is 16.7. The van der Waals surface area contributed by atoms with Crippen LogP contribution in [0, 0.1) is 5.82 Å². The first-order valence-corrected chi connectivity index (χ1v) is 6.02. The number of carbonyl (C=O) groups is 1. The van der Waals surface area contributed by atoms with Crippen molar-refractivity contribution in [2.75, 3.05) is 13.1 Å². The van der Waals surface area contributed by atoms with Gasteiger partial charge in [0.15, 0.2) is 0 Å². The maximum absolute atomic E-state index is 13.5. The minimum absolute atomic E-state index is 0.0167. The van der Waals surface area contributed by atoms with Gasteiger partial charge in [0.05, 0.1) is 19.3 Å². The van der Waals surface area contributed by atoms with E-state index in [0.29, 0.717) is 0 Å². The zero-order valence-electron chi connectivity index (χ0n) is 11.2. The Kier molecular flexibility index (Phi) is 3.22. The third kappa shape index (κ3) is 2.84. The lowest BCUT2D eigenvalue weighted by molar-refractivity contribution is -0.105. The number of hydrogen-bond acceptors (Lipinski definition) is 4. The van der Waals surface area contributed by atoms with Gasteiger partial charge in [-0.15, -0.1) is 0 Å². The lowest BCUT2D eigenvalue weighted by Gasteiger charge is -2.46. The van der Waals surface area contributed by atoms with E-state index < -0.39 is 23.1 Å². The van der Waals surface area contributed by atoms with Crippen LogP contribution >= 0.6 is 0 Å². The molecule has 0 atom stereocenters. The van der Waals surface area contributed by atoms with E-state index >= 15 is 0 Å². The predicted octanol–water partition coefficient (Wildman–Crippen LogP) is 1.66. The van der Waals surface area contributed by atoms with Crippen molar-refractivity contribution in [3.8, 4) is 0 Å². The molecule has 1 N–H and O–H groups in total. The number of likely N-dealkylation sites (tertiary alicyclic amines) is 1. The molecule has 0 bridgehead atoms. The summed E-state index contributed by atoms with van der Waals surface area (Å²) in [5, 5.41) is 10.3. The molecule has 1 aliphatic heterocycles. The molecule has 0 aromatic carbocycles. The minimum Gasteiger partial charge on any atom is -0.444 e. The van der Waals surface area contributed by atoms with Crippen molar-refractivity contribution >= 4 is 6.09 Å². The fourth-order valence-electron chi connectivity index (χ4n) is 1.96. The molecule has 0 saturated carbocycles. The van der Waals surface area contributed by atoms with E-state index in [1.165, 1.54) is 17.2 Å². The van der Waals surface area contributed by atoms with Gasteiger partial charge in [0.2, 0.25) is 0 Å². The van der Waals surface area contributed by atoms with Crippen molar-refractivity contribution in [2.24, 2.45) is 0 Å². The van der Waals surface area contributed by atoms with Crippen molar-refractivity contribution in [3.05, 3.63) is 29.8 Å². The number of aliphatic hydroxyl groups is 1. The zero-order valence-corrected chi connectivity index (χ0v) is 11.2. The Bertz CT molecular complexity index is 493. The molecule has 1 aliphatic rings. The molecule has 1 fully saturated rings. The summed E-state index contributed by atoms with van der Waals surface area (Å²) in [5.41, 5.74) is -1.79. The van der Waals surface area contributed by atoms with Gasteiger partial charge in [0.25, 0.3) is 0 Å². The van der Waals surface area contributed by atoms with Gasteiger partial charge in [-0.3, -0.25) is 4.98 Å². The molecular weight excluding hydrogens is 251 g/mol. The Morgan fingerprint density at radius 3 is 2.68 bits per heavy atom. The molecule has 6 heteroatoms. The van der Waals surface area contributed by atoms with Crippen molar-refractivity contribution in [3.63, 3.8) is 0 Å². The van der Waals surface area contributed by atoms with Crippen LogP contribution in [-0.2, 0) is 10.3 Å². The molecule has 1 amide bonds. The van der Waals surface area contributed by atoms with E-state index in [2.05, 4.69) is 4.98 Å². The molecule has 104 valence electrons. The Morgan fingerprint density at radius 2 is 2.16 bits per heavy atom. The Hall–Kier alpha value is -1.69. The summed E-state index contributed by atoms with van der Waals surface area (Å²) in [6, 6.07) is 1.42. The van der Waals surface area contributed by atoms with Crippen molar-refractivity contribution in [2.45, 2.75) is 32.0 Å². The number of nitrogens with zero attached hydrogens (tertiary/aromatic N) is 2. The van der Waals surface area contributed by atoms with E-state index in [-0.39, 0.29) is 18.7 Å². The highest BCUT2D eigenvalue weighted by molar-refractivity contribution is 5.70. The second-order valence-corrected chi connectivity index (χ2v) is 5.72. The second-order valence-electron chi connectivity index (χ2n) is 5.72. The molecular formula is C13H17FN2O3. The topological polar surface area (TPSA) is 62.7 Å². The number of carbonyl (C=O) groups excluding carboxylic acids is 1. The van der Waals surface area contributed by atoms with Crippen molar-refractivity contribution in [1.82, 2.24) is 9.88 Å². The molecule has 2 heterocycles. The number of hydrogen-bond donors (Lipinski definition) is 1. The van der Waals surface area contributed by atoms with Crippen LogP contribution in [0.3, 0.4) is 0 Å². The predicted molar refractivity (Wildman–Crippen MR) is 65.9 cm³/mol. The maximum Gasteiger partial charge on any atom is 0.410 e. The first kappa shape index (κ1) is 13.7. The van der Waals surface area contributed by atoms with Crippen molar-refractivity contribution < 1.29 is 19.0 Å². The largest absolute Gasteiger partial charge is 0.444 e. The summed E-state index contributed by atoms with van der Waals surface area (Å²) in [6.07, 6.45) is 1.95. The number of amides is 1. The van der Waals surface area contributed by atoms with Crippen LogP contribution in [0.2, 0.25) is 0 Å². The van der Waals surface area contributed by atoms with Crippen LogP contribution in [0.5, 0.6) is 0 Å². The summed E-state index contributed by atoms with van der Waals surface area (Å²) in [5.74, 6) is -0.575. The Morgan fingerprint density at radius 1 is 1.53 bits per heavy atom. The summed E-state index contributed by atoms with van der Waals surface area (Å²) < 4.78 is 18.7. The average molecular weight is 268 g/mol. The average Bonchev–Trinajstić information content (AvgIpc) is 2.23. The molecule has 0 spiro atoms. The Balaban J connectivity index is 2.02. The summed E-state index contributed by atoms with van der Waals surface area (Å²) in [6.45, 7) is 5.32. The fraction of sp³-hybridized carbons (Fsp3) is 0.538. The van der Waals surface area contributed by atoms with Gasteiger partial charge in [-0.2, -0.15) is 0 Å². The van der Waals surface area contributed by atoms with Gasteiger partial charge < -0.3 is 14.7 Å². The molecule has 0 aliphatic carbocycles. The van der Waals surface area contributed by atoms with Gasteiger partial charge >= 0.3 is 6.09 Å². The highest BCUT2D eigenvalue weighted by Gasteiger charge is 2.47. The molecule has 1 aromatic heterocycles.